The molecule has 2 aromatic rings. The number of nitrogens with zero attached hydrogens (tertiary/aromatic N) is 1. The molecular weight excluding hydrogens is 364 g/mol. The smallest absolute Gasteiger partial charge is 0.279 e. The fraction of sp³-hybridized carbons (Fsp3) is 0.278. The van der Waals surface area contributed by atoms with Gasteiger partial charge in [-0.05, 0) is 42.5 Å². The molecule has 0 unspecified atom stereocenters. The molecule has 2 N–H and O–H groups in total. The summed E-state index contributed by atoms with van der Waals surface area (Å²) in [5, 5.41) is 3.81. The van der Waals surface area contributed by atoms with E-state index in [1.54, 1.807) is 30.3 Å². The van der Waals surface area contributed by atoms with E-state index >= 15 is 0 Å². The van der Waals surface area contributed by atoms with Crippen LogP contribution in [0.4, 0.5) is 15.8 Å². The number of anilines is 2. The van der Waals surface area contributed by atoms with Crippen molar-refractivity contribution in [3.63, 3.8) is 0 Å². The Morgan fingerprint density at radius 2 is 1.80 bits per heavy atom. The van der Waals surface area contributed by atoms with Gasteiger partial charge in [-0.1, -0.05) is 23.2 Å². The molecule has 4 nitrogen and oxygen atoms in total. The molecule has 0 saturated carbocycles. The van der Waals surface area contributed by atoms with Crippen molar-refractivity contribution in [2.24, 2.45) is 0 Å². The fourth-order valence-electron chi connectivity index (χ4n) is 2.92. The van der Waals surface area contributed by atoms with Crippen LogP contribution in [0, 0.1) is 5.82 Å². The first-order valence-corrected chi connectivity index (χ1v) is 8.86. The molecule has 0 aromatic heterocycles. The number of amides is 1. The molecule has 1 heterocycles. The Bertz CT molecular complexity index is 746. The molecular formula is C18H19Cl2FN3O+. The molecule has 3 rings (SSSR count). The lowest BCUT2D eigenvalue weighted by atomic mass is 10.2. The summed E-state index contributed by atoms with van der Waals surface area (Å²) in [5.41, 5.74) is 1.54. The van der Waals surface area contributed by atoms with Crippen molar-refractivity contribution in [3.8, 4) is 0 Å². The van der Waals surface area contributed by atoms with E-state index in [0.717, 1.165) is 31.9 Å². The average molecular weight is 383 g/mol. The monoisotopic (exact) mass is 382 g/mol. The molecule has 2 aromatic carbocycles. The lowest BCUT2D eigenvalue weighted by molar-refractivity contribution is -0.892. The molecule has 1 aliphatic heterocycles. The third kappa shape index (κ3) is 4.84. The molecule has 1 aliphatic rings. The maximum Gasteiger partial charge on any atom is 0.279 e. The normalized spacial score (nSPS) is 15.2. The summed E-state index contributed by atoms with van der Waals surface area (Å²) in [6.07, 6.45) is 0. The maximum atomic E-state index is 13.0. The van der Waals surface area contributed by atoms with Crippen LogP contribution in [0.2, 0.25) is 10.0 Å². The van der Waals surface area contributed by atoms with E-state index in [0.29, 0.717) is 22.3 Å². The van der Waals surface area contributed by atoms with Crippen LogP contribution in [-0.2, 0) is 4.79 Å². The molecule has 132 valence electrons. The molecule has 1 saturated heterocycles. The Balaban J connectivity index is 1.51. The summed E-state index contributed by atoms with van der Waals surface area (Å²) in [6, 6.07) is 11.5. The van der Waals surface area contributed by atoms with Gasteiger partial charge in [-0.25, -0.2) is 4.39 Å². The van der Waals surface area contributed by atoms with Crippen LogP contribution in [-0.4, -0.2) is 38.6 Å². The Labute approximate surface area is 156 Å². The van der Waals surface area contributed by atoms with Crippen LogP contribution in [0.15, 0.2) is 42.5 Å². The molecule has 0 spiro atoms. The number of piperazine rings is 1. The van der Waals surface area contributed by atoms with Gasteiger partial charge in [0.25, 0.3) is 5.91 Å². The van der Waals surface area contributed by atoms with Gasteiger partial charge >= 0.3 is 0 Å². The van der Waals surface area contributed by atoms with Crippen molar-refractivity contribution in [3.05, 3.63) is 58.3 Å². The van der Waals surface area contributed by atoms with Crippen molar-refractivity contribution < 1.29 is 14.1 Å². The standard InChI is InChI=1S/C18H18Cl2FN3O/c19-13-1-6-16(20)17(11-13)22-18(25)12-23-7-9-24(10-8-23)15-4-2-14(21)3-5-15/h1-6,11H,7-10,12H2,(H,22,25)/p+1. The SMILES string of the molecule is O=C(C[NH+]1CCN(c2ccc(F)cc2)CC1)Nc1cc(Cl)ccc1Cl. The second kappa shape index (κ2) is 8.04. The van der Waals surface area contributed by atoms with Crippen molar-refractivity contribution in [2.45, 2.75) is 0 Å². The minimum absolute atomic E-state index is 0.0885. The third-order valence-corrected chi connectivity index (χ3v) is 4.84. The van der Waals surface area contributed by atoms with Gasteiger partial charge in [-0.15, -0.1) is 0 Å². The van der Waals surface area contributed by atoms with Crippen molar-refractivity contribution in [1.29, 1.82) is 0 Å². The van der Waals surface area contributed by atoms with E-state index in [2.05, 4.69) is 10.2 Å². The number of hydrogen-bond donors (Lipinski definition) is 2. The highest BCUT2D eigenvalue weighted by molar-refractivity contribution is 6.35. The summed E-state index contributed by atoms with van der Waals surface area (Å²) >= 11 is 12.0. The number of benzene rings is 2. The van der Waals surface area contributed by atoms with Crippen LogP contribution < -0.4 is 15.1 Å². The minimum Gasteiger partial charge on any atom is -0.360 e. The van der Waals surface area contributed by atoms with Crippen molar-refractivity contribution >= 4 is 40.5 Å². The second-order valence-corrected chi connectivity index (χ2v) is 6.91. The molecule has 0 aliphatic carbocycles. The predicted octanol–water partition coefficient (Wildman–Crippen LogP) is 2.48. The zero-order chi connectivity index (χ0) is 17.8. The summed E-state index contributed by atoms with van der Waals surface area (Å²) in [4.78, 5) is 15.7. The molecule has 1 amide bonds. The number of rotatable bonds is 4. The summed E-state index contributed by atoms with van der Waals surface area (Å²) in [7, 11) is 0. The Morgan fingerprint density at radius 3 is 2.48 bits per heavy atom. The average Bonchev–Trinajstić information content (AvgIpc) is 2.59. The Morgan fingerprint density at radius 1 is 1.12 bits per heavy atom. The van der Waals surface area contributed by atoms with Gasteiger partial charge in [-0.3, -0.25) is 4.79 Å². The molecule has 0 bridgehead atoms. The summed E-state index contributed by atoms with van der Waals surface area (Å²) in [6.45, 7) is 3.71. The first-order chi connectivity index (χ1) is 12.0. The van der Waals surface area contributed by atoms with Crippen LogP contribution in [0.5, 0.6) is 0 Å². The van der Waals surface area contributed by atoms with Gasteiger partial charge in [-0.2, -0.15) is 0 Å². The predicted molar refractivity (Wildman–Crippen MR) is 99.3 cm³/mol. The number of hydrogen-bond acceptors (Lipinski definition) is 2. The largest absolute Gasteiger partial charge is 0.360 e. The van der Waals surface area contributed by atoms with E-state index in [4.69, 9.17) is 23.2 Å². The van der Waals surface area contributed by atoms with Gasteiger partial charge < -0.3 is 15.1 Å². The molecule has 7 heteroatoms. The molecule has 0 radical (unpaired) electrons. The number of carbonyl (C=O) groups is 1. The minimum atomic E-state index is -0.232. The van der Waals surface area contributed by atoms with E-state index < -0.39 is 0 Å². The van der Waals surface area contributed by atoms with Crippen molar-refractivity contribution in [2.75, 3.05) is 42.9 Å². The Hall–Kier alpha value is -1.82. The molecule has 0 atom stereocenters. The highest BCUT2D eigenvalue weighted by atomic mass is 35.5. The Kier molecular flexibility index (Phi) is 5.78. The topological polar surface area (TPSA) is 36.8 Å². The summed E-state index contributed by atoms with van der Waals surface area (Å²) < 4.78 is 13.0. The first kappa shape index (κ1) is 18.0. The fourth-order valence-corrected chi connectivity index (χ4v) is 3.26. The van der Waals surface area contributed by atoms with Gasteiger partial charge in [0.1, 0.15) is 5.82 Å². The van der Waals surface area contributed by atoms with Gasteiger partial charge in [0.2, 0.25) is 0 Å². The number of nitrogens with one attached hydrogen (secondary N) is 2. The van der Waals surface area contributed by atoms with E-state index in [-0.39, 0.29) is 11.7 Å². The number of halogens is 3. The van der Waals surface area contributed by atoms with E-state index in [1.165, 1.54) is 17.0 Å². The zero-order valence-corrected chi connectivity index (χ0v) is 15.1. The first-order valence-electron chi connectivity index (χ1n) is 8.10. The molecule has 25 heavy (non-hydrogen) atoms. The van der Waals surface area contributed by atoms with E-state index in [1.807, 2.05) is 0 Å². The quantitative estimate of drug-likeness (QED) is 0.851. The maximum absolute atomic E-state index is 13.0. The van der Waals surface area contributed by atoms with Crippen molar-refractivity contribution in [1.82, 2.24) is 0 Å². The number of carbonyl (C=O) groups excluding carboxylic acids is 1. The van der Waals surface area contributed by atoms with Gasteiger partial charge in [0, 0.05) is 10.7 Å². The lowest BCUT2D eigenvalue weighted by Crippen LogP contribution is -3.15. The van der Waals surface area contributed by atoms with Crippen LogP contribution in [0.1, 0.15) is 0 Å². The second-order valence-electron chi connectivity index (χ2n) is 6.06. The lowest BCUT2D eigenvalue weighted by Gasteiger charge is -2.33. The van der Waals surface area contributed by atoms with Gasteiger partial charge in [0.05, 0.1) is 36.9 Å². The summed E-state index contributed by atoms with van der Waals surface area (Å²) in [5.74, 6) is -0.321. The highest BCUT2D eigenvalue weighted by Gasteiger charge is 2.22. The van der Waals surface area contributed by atoms with Gasteiger partial charge in [0.15, 0.2) is 6.54 Å². The van der Waals surface area contributed by atoms with E-state index in [9.17, 15) is 9.18 Å². The molecule has 1 fully saturated rings. The third-order valence-electron chi connectivity index (χ3n) is 4.28. The van der Waals surface area contributed by atoms with Crippen LogP contribution in [0.3, 0.4) is 0 Å². The van der Waals surface area contributed by atoms with Crippen LogP contribution in [0.25, 0.3) is 0 Å². The highest BCUT2D eigenvalue weighted by Crippen LogP contribution is 2.25. The van der Waals surface area contributed by atoms with Crippen LogP contribution >= 0.6 is 23.2 Å². The number of quaternary nitrogens is 1. The zero-order valence-electron chi connectivity index (χ0n) is 13.6.